The molecule has 38 heavy (non-hydrogen) atoms. The zero-order valence-electron chi connectivity index (χ0n) is 19.4. The van der Waals surface area contributed by atoms with Gasteiger partial charge in [0.2, 0.25) is 11.5 Å². The lowest BCUT2D eigenvalue weighted by molar-refractivity contribution is -0.150. The van der Waals surface area contributed by atoms with Gasteiger partial charge in [-0.15, -0.1) is 11.8 Å². The summed E-state index contributed by atoms with van der Waals surface area (Å²) in [5, 5.41) is 18.0. The van der Waals surface area contributed by atoms with E-state index in [1.54, 1.807) is 0 Å². The van der Waals surface area contributed by atoms with Crippen molar-refractivity contribution in [2.75, 3.05) is 23.8 Å². The molecule has 200 valence electrons. The molecule has 2 amide bonds. The minimum Gasteiger partial charge on any atom is -0.477 e. The van der Waals surface area contributed by atoms with Crippen molar-refractivity contribution >= 4 is 63.7 Å². The van der Waals surface area contributed by atoms with Crippen molar-refractivity contribution in [1.82, 2.24) is 34.3 Å². The molecular formula is C19H19N9O7S3. The number of aromatic amines is 1. The molecule has 5 N–H and O–H groups in total. The first-order valence-electron chi connectivity index (χ1n) is 10.5. The number of hydrogen-bond acceptors (Lipinski definition) is 14. The van der Waals surface area contributed by atoms with E-state index in [1.807, 2.05) is 0 Å². The molecule has 4 rings (SSSR count). The van der Waals surface area contributed by atoms with E-state index < -0.39 is 40.3 Å². The fourth-order valence-corrected chi connectivity index (χ4v) is 6.25. The Labute approximate surface area is 225 Å². The summed E-state index contributed by atoms with van der Waals surface area (Å²) in [6.45, 7) is 3.49. The van der Waals surface area contributed by atoms with Crippen molar-refractivity contribution in [3.63, 3.8) is 0 Å². The molecule has 2 aliphatic rings. The predicted octanol–water partition coefficient (Wildman–Crippen LogP) is -1.66. The highest BCUT2D eigenvalue weighted by atomic mass is 32.2. The Kier molecular flexibility index (Phi) is 7.97. The van der Waals surface area contributed by atoms with E-state index in [0.717, 1.165) is 28.2 Å². The van der Waals surface area contributed by atoms with Crippen LogP contribution in [0.25, 0.3) is 0 Å². The average Bonchev–Trinajstić information content (AvgIpc) is 3.31. The number of H-pyrrole nitrogens is 1. The Balaban J connectivity index is 1.51. The number of carboxylic acids is 1. The van der Waals surface area contributed by atoms with E-state index in [-0.39, 0.29) is 45.6 Å². The quantitative estimate of drug-likeness (QED) is 0.0469. The SMILES string of the molecule is C=CCO/N=C(/C(=O)NC1C(=O)N2C(C(=O)O)=C(CSc3nc(=O)c(=O)[nH]n3C)CSC12)c1nsc(N)n1. The van der Waals surface area contributed by atoms with Crippen LogP contribution in [0.15, 0.2) is 43.8 Å². The van der Waals surface area contributed by atoms with Gasteiger partial charge in [-0.2, -0.15) is 14.3 Å². The summed E-state index contributed by atoms with van der Waals surface area (Å²) in [5.41, 5.74) is 3.62. The van der Waals surface area contributed by atoms with E-state index in [0.29, 0.717) is 5.57 Å². The van der Waals surface area contributed by atoms with Gasteiger partial charge in [-0.05, 0) is 5.57 Å². The number of fused-ring (bicyclic) bond motifs is 1. The van der Waals surface area contributed by atoms with Crippen LogP contribution >= 0.6 is 35.1 Å². The lowest BCUT2D eigenvalue weighted by Crippen LogP contribution is -2.71. The second-order valence-electron chi connectivity index (χ2n) is 7.59. The Hall–Kier alpha value is -3.97. The maximum atomic E-state index is 13.0. The molecule has 2 aromatic heterocycles. The van der Waals surface area contributed by atoms with Crippen molar-refractivity contribution < 1.29 is 24.3 Å². The highest BCUT2D eigenvalue weighted by molar-refractivity contribution is 8.01. The van der Waals surface area contributed by atoms with Gasteiger partial charge in [0.25, 0.3) is 11.8 Å². The van der Waals surface area contributed by atoms with Crippen LogP contribution in [0.3, 0.4) is 0 Å². The van der Waals surface area contributed by atoms with Gasteiger partial charge in [-0.3, -0.25) is 33.9 Å². The number of nitrogens with zero attached hydrogens (tertiary/aromatic N) is 6. The van der Waals surface area contributed by atoms with Crippen LogP contribution in [0.5, 0.6) is 0 Å². The zero-order chi connectivity index (χ0) is 27.6. The zero-order valence-corrected chi connectivity index (χ0v) is 21.9. The smallest absolute Gasteiger partial charge is 0.352 e. The van der Waals surface area contributed by atoms with Crippen LogP contribution in [0.1, 0.15) is 5.82 Å². The maximum Gasteiger partial charge on any atom is 0.352 e. The first kappa shape index (κ1) is 27.1. The molecule has 19 heteroatoms. The third-order valence-corrected chi connectivity index (χ3v) is 8.07. The highest BCUT2D eigenvalue weighted by Crippen LogP contribution is 2.41. The number of aromatic nitrogens is 5. The van der Waals surface area contributed by atoms with Gasteiger partial charge in [0.05, 0.1) is 0 Å². The van der Waals surface area contributed by atoms with Crippen LogP contribution in [-0.2, 0) is 26.3 Å². The number of thioether (sulfide) groups is 2. The van der Waals surface area contributed by atoms with Crippen LogP contribution < -0.4 is 22.2 Å². The molecule has 2 aromatic rings. The Morgan fingerprint density at radius 1 is 1.39 bits per heavy atom. The summed E-state index contributed by atoms with van der Waals surface area (Å²) < 4.78 is 5.20. The maximum absolute atomic E-state index is 13.0. The van der Waals surface area contributed by atoms with Gasteiger partial charge < -0.3 is 21.0 Å². The number of oxime groups is 1. The summed E-state index contributed by atoms with van der Waals surface area (Å²) in [6.07, 6.45) is 1.41. The number of aryl methyl sites for hydroxylation is 1. The van der Waals surface area contributed by atoms with Crippen molar-refractivity contribution in [3.8, 4) is 0 Å². The molecule has 1 fully saturated rings. The van der Waals surface area contributed by atoms with Gasteiger partial charge >= 0.3 is 17.1 Å². The van der Waals surface area contributed by atoms with Gasteiger partial charge in [0.1, 0.15) is 23.7 Å². The van der Waals surface area contributed by atoms with Crippen LogP contribution in [0.2, 0.25) is 0 Å². The molecule has 0 aliphatic carbocycles. The monoisotopic (exact) mass is 581 g/mol. The fraction of sp³-hybridized carbons (Fsp3) is 0.316. The largest absolute Gasteiger partial charge is 0.477 e. The van der Waals surface area contributed by atoms with E-state index >= 15 is 0 Å². The van der Waals surface area contributed by atoms with E-state index in [1.165, 1.54) is 29.6 Å². The Bertz CT molecular complexity index is 1490. The third kappa shape index (κ3) is 5.34. The molecule has 0 radical (unpaired) electrons. The fourth-order valence-electron chi connectivity index (χ4n) is 3.42. The van der Waals surface area contributed by atoms with Crippen molar-refractivity contribution in [3.05, 3.63) is 50.5 Å². The Morgan fingerprint density at radius 2 is 2.16 bits per heavy atom. The van der Waals surface area contributed by atoms with Crippen LogP contribution in [0, 0.1) is 0 Å². The molecule has 2 atom stereocenters. The minimum absolute atomic E-state index is 0.00130. The molecule has 0 spiro atoms. The van der Waals surface area contributed by atoms with Gasteiger partial charge in [-0.25, -0.2) is 4.79 Å². The summed E-state index contributed by atoms with van der Waals surface area (Å²) in [7, 11) is 1.48. The number of nitrogen functional groups attached to an aromatic ring is 1. The lowest BCUT2D eigenvalue weighted by atomic mass is 10.0. The van der Waals surface area contributed by atoms with Crippen molar-refractivity contribution in [2.24, 2.45) is 12.2 Å². The number of hydrogen-bond donors (Lipinski definition) is 4. The molecule has 2 aliphatic heterocycles. The molecule has 4 heterocycles. The second kappa shape index (κ2) is 11.2. The molecule has 0 saturated carbocycles. The summed E-state index contributed by atoms with van der Waals surface area (Å²) in [5.74, 6) is -2.55. The average molecular weight is 582 g/mol. The molecule has 1 saturated heterocycles. The van der Waals surface area contributed by atoms with Gasteiger partial charge in [-0.1, -0.05) is 29.6 Å². The van der Waals surface area contributed by atoms with Gasteiger partial charge in [0.15, 0.2) is 10.3 Å². The molecule has 16 nitrogen and oxygen atoms in total. The number of nitrogens with two attached hydrogens (primary N) is 1. The van der Waals surface area contributed by atoms with Gasteiger partial charge in [0, 0.05) is 30.1 Å². The third-order valence-electron chi connectivity index (χ3n) is 5.08. The molecule has 2 unspecified atom stereocenters. The number of carbonyl (C=O) groups is 3. The van der Waals surface area contributed by atoms with Crippen LogP contribution in [-0.4, -0.2) is 87.2 Å². The number of anilines is 1. The number of amides is 2. The standard InChI is InChI=1S/C19H19N9O7S3/c1-3-4-35-25-8(11-22-18(20)38-26-11)12(29)21-9-15(32)28-10(17(33)34)7(5-36-16(9)28)6-37-19-23-13(30)14(31)24-27(19)2/h3,9,16H,1,4-6H2,2H3,(H,21,29)(H,24,31)(H,33,34)(H2,20,22,26)/b25-8+. The van der Waals surface area contributed by atoms with Crippen LogP contribution in [0.4, 0.5) is 5.13 Å². The Morgan fingerprint density at radius 3 is 2.82 bits per heavy atom. The topological polar surface area (TPSA) is 228 Å². The summed E-state index contributed by atoms with van der Waals surface area (Å²) in [4.78, 5) is 74.7. The minimum atomic E-state index is -1.32. The highest BCUT2D eigenvalue weighted by Gasteiger charge is 2.54. The molecule has 0 aromatic carbocycles. The number of carboxylic acid groups (broad SMARTS) is 1. The second-order valence-corrected chi connectivity index (χ2v) is 10.4. The number of β-lactam (4-membered cyclic amide) rings is 1. The van der Waals surface area contributed by atoms with E-state index in [4.69, 9.17) is 10.6 Å². The molecular weight excluding hydrogens is 562 g/mol. The normalized spacial score (nSPS) is 19.0. The number of aliphatic carboxylic acids is 1. The number of rotatable bonds is 10. The predicted molar refractivity (Wildman–Crippen MR) is 138 cm³/mol. The first-order chi connectivity index (χ1) is 18.1. The lowest BCUT2D eigenvalue weighted by Gasteiger charge is -2.49. The van der Waals surface area contributed by atoms with E-state index in [2.05, 4.69) is 36.5 Å². The van der Waals surface area contributed by atoms with E-state index in [9.17, 15) is 29.1 Å². The first-order valence-corrected chi connectivity index (χ1v) is 13.3. The molecule has 0 bridgehead atoms. The summed E-state index contributed by atoms with van der Waals surface area (Å²) in [6, 6.07) is -1.04. The number of nitrogens with one attached hydrogen (secondary N) is 2. The van der Waals surface area contributed by atoms with Crippen molar-refractivity contribution in [2.45, 2.75) is 16.6 Å². The number of carbonyl (C=O) groups excluding carboxylic acids is 2. The summed E-state index contributed by atoms with van der Waals surface area (Å²) >= 11 is 3.12. The van der Waals surface area contributed by atoms with Crippen molar-refractivity contribution in [1.29, 1.82) is 0 Å².